The van der Waals surface area contributed by atoms with Gasteiger partial charge in [-0.15, -0.1) is 0 Å². The molecule has 8 aromatic carbocycles. The zero-order valence-corrected chi connectivity index (χ0v) is 28.0. The van der Waals surface area contributed by atoms with Crippen molar-refractivity contribution >= 4 is 60.9 Å². The highest BCUT2D eigenvalue weighted by Gasteiger charge is 2.17. The lowest BCUT2D eigenvalue weighted by Gasteiger charge is -2.26. The van der Waals surface area contributed by atoms with E-state index in [1.54, 1.807) is 12.1 Å². The Bertz CT molecular complexity index is 2920. The second kappa shape index (κ2) is 12.1. The Morgan fingerprint density at radius 2 is 0.904 bits per heavy atom. The number of benzene rings is 8. The minimum atomic E-state index is -0.250. The fraction of sp³-hybridized carbons (Fsp3) is 0. The quantitative estimate of drug-likeness (QED) is 0.176. The lowest BCUT2D eigenvalue weighted by atomic mass is 10.0. The number of anilines is 3. The molecule has 0 fully saturated rings. The topological polar surface area (TPSA) is 29.5 Å². The van der Waals surface area contributed by atoms with Gasteiger partial charge in [-0.3, -0.25) is 0 Å². The van der Waals surface area contributed by atoms with Gasteiger partial charge in [0.15, 0.2) is 0 Å². The van der Waals surface area contributed by atoms with E-state index < -0.39 is 0 Å². The van der Waals surface area contributed by atoms with Gasteiger partial charge in [0.1, 0.15) is 28.1 Å². The highest BCUT2D eigenvalue weighted by atomic mass is 19.1. The summed E-state index contributed by atoms with van der Waals surface area (Å²) >= 11 is 0. The Balaban J connectivity index is 1.08. The normalized spacial score (nSPS) is 11.6. The van der Waals surface area contributed by atoms with E-state index in [1.165, 1.54) is 6.07 Å². The summed E-state index contributed by atoms with van der Waals surface area (Å²) in [6.45, 7) is 0. The van der Waals surface area contributed by atoms with Crippen LogP contribution in [0.5, 0.6) is 0 Å². The molecule has 0 unspecified atom stereocenters. The maximum absolute atomic E-state index is 14.1. The van der Waals surface area contributed by atoms with Gasteiger partial charge in [-0.05, 0) is 101 Å². The summed E-state index contributed by atoms with van der Waals surface area (Å²) in [5, 5.41) is 4.42. The molecule has 0 saturated heterocycles. The highest BCUT2D eigenvalue weighted by Crippen LogP contribution is 2.41. The van der Waals surface area contributed by atoms with Crippen LogP contribution in [0.25, 0.3) is 77.3 Å². The fourth-order valence-electron chi connectivity index (χ4n) is 7.41. The Kier molecular flexibility index (Phi) is 7.00. The Hall–Kier alpha value is -6.91. The average molecular weight is 672 g/mol. The number of fused-ring (bicyclic) bond motifs is 6. The Morgan fingerprint density at radius 3 is 1.65 bits per heavy atom. The molecule has 2 heterocycles. The zero-order chi connectivity index (χ0) is 34.6. The fourth-order valence-corrected chi connectivity index (χ4v) is 7.41. The van der Waals surface area contributed by atoms with Crippen LogP contribution in [0.15, 0.2) is 191 Å². The van der Waals surface area contributed by atoms with Crippen LogP contribution >= 0.6 is 0 Å². The molecule has 4 heteroatoms. The minimum absolute atomic E-state index is 0.250. The molecule has 52 heavy (non-hydrogen) atoms. The van der Waals surface area contributed by atoms with E-state index in [2.05, 4.69) is 126 Å². The van der Waals surface area contributed by atoms with Crippen LogP contribution in [0, 0.1) is 5.82 Å². The Labute approximate surface area is 299 Å². The largest absolute Gasteiger partial charge is 0.456 e. The van der Waals surface area contributed by atoms with Crippen LogP contribution in [0.2, 0.25) is 0 Å². The summed E-state index contributed by atoms with van der Waals surface area (Å²) in [6, 6.07) is 61.3. The van der Waals surface area contributed by atoms with Crippen LogP contribution in [-0.4, -0.2) is 0 Å². The van der Waals surface area contributed by atoms with Crippen LogP contribution < -0.4 is 4.90 Å². The lowest BCUT2D eigenvalue weighted by Crippen LogP contribution is -2.10. The first-order valence-electron chi connectivity index (χ1n) is 17.3. The van der Waals surface area contributed by atoms with E-state index in [0.717, 1.165) is 94.3 Å². The zero-order valence-electron chi connectivity index (χ0n) is 28.0. The second-order valence-electron chi connectivity index (χ2n) is 13.1. The number of halogens is 1. The van der Waals surface area contributed by atoms with Crippen molar-refractivity contribution in [3.63, 3.8) is 0 Å². The van der Waals surface area contributed by atoms with E-state index in [0.29, 0.717) is 0 Å². The van der Waals surface area contributed by atoms with Crippen molar-refractivity contribution in [1.82, 2.24) is 0 Å². The summed E-state index contributed by atoms with van der Waals surface area (Å²) in [6.07, 6.45) is 0. The summed E-state index contributed by atoms with van der Waals surface area (Å²) in [5.41, 5.74) is 12.7. The first-order valence-corrected chi connectivity index (χ1v) is 17.3. The third-order valence-electron chi connectivity index (χ3n) is 9.94. The van der Waals surface area contributed by atoms with Gasteiger partial charge in [0, 0.05) is 44.2 Å². The molecule has 0 radical (unpaired) electrons. The highest BCUT2D eigenvalue weighted by molar-refractivity contribution is 6.09. The lowest BCUT2D eigenvalue weighted by molar-refractivity contribution is 0.628. The molecule has 3 nitrogen and oxygen atoms in total. The molecule has 0 N–H and O–H groups in total. The van der Waals surface area contributed by atoms with Crippen LogP contribution in [0.3, 0.4) is 0 Å². The van der Waals surface area contributed by atoms with Crippen LogP contribution in [0.1, 0.15) is 0 Å². The van der Waals surface area contributed by atoms with E-state index in [4.69, 9.17) is 8.83 Å². The molecule has 0 atom stereocenters. The monoisotopic (exact) mass is 671 g/mol. The predicted molar refractivity (Wildman–Crippen MR) is 212 cm³/mol. The second-order valence-corrected chi connectivity index (χ2v) is 13.1. The van der Waals surface area contributed by atoms with E-state index in [9.17, 15) is 4.39 Å². The molecule has 0 aliphatic rings. The molecule has 0 aliphatic carbocycles. The number of para-hydroxylation sites is 3. The number of nitrogens with zero attached hydrogens (tertiary/aromatic N) is 1. The molecular weight excluding hydrogens is 642 g/mol. The summed E-state index contributed by atoms with van der Waals surface area (Å²) in [7, 11) is 0. The molecule has 0 spiro atoms. The number of hydrogen-bond donors (Lipinski definition) is 0. The van der Waals surface area contributed by atoms with Gasteiger partial charge in [0.25, 0.3) is 0 Å². The summed E-state index contributed by atoms with van der Waals surface area (Å²) in [5.74, 6) is -0.250. The number of furan rings is 2. The van der Waals surface area contributed by atoms with E-state index >= 15 is 0 Å². The Morgan fingerprint density at radius 1 is 0.346 bits per heavy atom. The van der Waals surface area contributed by atoms with Crippen molar-refractivity contribution in [1.29, 1.82) is 0 Å². The van der Waals surface area contributed by atoms with E-state index in [1.807, 2.05) is 42.5 Å². The molecule has 2 aromatic heterocycles. The van der Waals surface area contributed by atoms with Crippen molar-refractivity contribution < 1.29 is 13.2 Å². The van der Waals surface area contributed by atoms with Gasteiger partial charge in [-0.25, -0.2) is 4.39 Å². The predicted octanol–water partition coefficient (Wildman–Crippen LogP) is 14.1. The van der Waals surface area contributed by atoms with Gasteiger partial charge in [-0.2, -0.15) is 0 Å². The number of rotatable bonds is 6. The summed E-state index contributed by atoms with van der Waals surface area (Å²) < 4.78 is 26.6. The first-order chi connectivity index (χ1) is 25.7. The third kappa shape index (κ3) is 5.12. The van der Waals surface area contributed by atoms with Crippen molar-refractivity contribution in [2.45, 2.75) is 0 Å². The molecule has 0 bridgehead atoms. The summed E-state index contributed by atoms with van der Waals surface area (Å²) in [4.78, 5) is 2.26. The molecule has 0 amide bonds. The SMILES string of the molecule is Fc1cccc(-c2ccc(N(c3ccc(-c4cccc5c4oc4ccccc45)cc3)c3cccc(-c4ccc5oc6ccccc6c5c4)c3)cc2)c1. The maximum Gasteiger partial charge on any atom is 0.143 e. The standard InChI is InChI=1S/C48H30FNO2/c49-36-10-5-8-33(28-36)31-18-23-37(24-19-31)50(38-25-20-32(21-26-38)40-14-7-15-43-41-12-1-4-17-46(41)52-48(40)43)39-11-6-9-34(29-39)35-22-27-47-44(30-35)42-13-2-3-16-45(42)51-47/h1-30H. The van der Waals surface area contributed by atoms with Crippen molar-refractivity contribution in [2.75, 3.05) is 4.90 Å². The van der Waals surface area contributed by atoms with Crippen molar-refractivity contribution in [3.05, 3.63) is 188 Å². The van der Waals surface area contributed by atoms with Gasteiger partial charge >= 0.3 is 0 Å². The minimum Gasteiger partial charge on any atom is -0.456 e. The van der Waals surface area contributed by atoms with Gasteiger partial charge < -0.3 is 13.7 Å². The molecule has 0 saturated carbocycles. The van der Waals surface area contributed by atoms with Crippen molar-refractivity contribution in [3.8, 4) is 33.4 Å². The number of hydrogen-bond acceptors (Lipinski definition) is 3. The molecular formula is C48H30FNO2. The van der Waals surface area contributed by atoms with E-state index in [-0.39, 0.29) is 5.82 Å². The maximum atomic E-state index is 14.1. The molecule has 0 aliphatic heterocycles. The smallest absolute Gasteiger partial charge is 0.143 e. The molecule has 10 rings (SSSR count). The molecule has 10 aromatic rings. The van der Waals surface area contributed by atoms with Gasteiger partial charge in [0.2, 0.25) is 0 Å². The van der Waals surface area contributed by atoms with Crippen molar-refractivity contribution in [2.24, 2.45) is 0 Å². The van der Waals surface area contributed by atoms with Gasteiger partial charge in [0.05, 0.1) is 0 Å². The van der Waals surface area contributed by atoms with Gasteiger partial charge in [-0.1, -0.05) is 109 Å². The van der Waals surface area contributed by atoms with Crippen LogP contribution in [0.4, 0.5) is 21.5 Å². The first kappa shape index (κ1) is 30.0. The van der Waals surface area contributed by atoms with Crippen LogP contribution in [-0.2, 0) is 0 Å². The third-order valence-corrected chi connectivity index (χ3v) is 9.94. The molecule has 246 valence electrons. The average Bonchev–Trinajstić information content (AvgIpc) is 3.77.